The van der Waals surface area contributed by atoms with Crippen LogP contribution in [0.5, 0.6) is 5.75 Å². The Morgan fingerprint density at radius 2 is 2.00 bits per heavy atom. The summed E-state index contributed by atoms with van der Waals surface area (Å²) in [6.45, 7) is 0. The first kappa shape index (κ1) is 19.4. The van der Waals surface area contributed by atoms with Crippen molar-refractivity contribution in [1.82, 2.24) is 19.7 Å². The molecule has 0 fully saturated rings. The summed E-state index contributed by atoms with van der Waals surface area (Å²) in [5.74, 6) is -0.431. The van der Waals surface area contributed by atoms with Crippen LogP contribution in [-0.2, 0) is 0 Å². The number of benzene rings is 2. The zero-order valence-electron chi connectivity index (χ0n) is 15.8. The second-order valence-electron chi connectivity index (χ2n) is 6.65. The van der Waals surface area contributed by atoms with Crippen LogP contribution in [0.1, 0.15) is 0 Å². The number of nitrogens with zero attached hydrogens (tertiary/aromatic N) is 3. The van der Waals surface area contributed by atoms with Crippen molar-refractivity contribution in [3.8, 4) is 22.0 Å². The summed E-state index contributed by atoms with van der Waals surface area (Å²) >= 11 is 7.35. The largest absolute Gasteiger partial charge is 0.494 e. The van der Waals surface area contributed by atoms with Crippen molar-refractivity contribution in [2.24, 2.45) is 0 Å². The molecule has 1 N–H and O–H groups in total. The van der Waals surface area contributed by atoms with E-state index in [1.54, 1.807) is 24.4 Å². The summed E-state index contributed by atoms with van der Waals surface area (Å²) < 4.78 is 20.2. The monoisotopic (exact) mass is 454 g/mol. The summed E-state index contributed by atoms with van der Waals surface area (Å²) in [5.41, 5.74) is -0.349. The minimum atomic E-state index is -0.643. The van der Waals surface area contributed by atoms with Gasteiger partial charge >= 0.3 is 5.69 Å². The van der Waals surface area contributed by atoms with Crippen molar-refractivity contribution in [1.29, 1.82) is 0 Å². The second-order valence-corrected chi connectivity index (χ2v) is 8.11. The highest BCUT2D eigenvalue weighted by molar-refractivity contribution is 7.22. The van der Waals surface area contributed by atoms with Crippen molar-refractivity contribution in [3.05, 3.63) is 80.3 Å². The SMILES string of the molecule is COc1cc(-c2cc3[nH]c(=O)n(-c4nncc5ccccc45)c(=O)c3s2)c(Cl)cc1F. The highest BCUT2D eigenvalue weighted by atomic mass is 35.5. The molecule has 5 aromatic rings. The van der Waals surface area contributed by atoms with Crippen molar-refractivity contribution < 1.29 is 9.13 Å². The predicted octanol–water partition coefficient (Wildman–Crippen LogP) is 4.15. The van der Waals surface area contributed by atoms with Crippen molar-refractivity contribution in [3.63, 3.8) is 0 Å². The Balaban J connectivity index is 1.77. The number of aromatic amines is 1. The fraction of sp³-hybridized carbons (Fsp3) is 0.0476. The van der Waals surface area contributed by atoms with Crippen LogP contribution in [0.15, 0.2) is 58.3 Å². The van der Waals surface area contributed by atoms with Gasteiger partial charge in [-0.2, -0.15) is 5.10 Å². The summed E-state index contributed by atoms with van der Waals surface area (Å²) in [5, 5.41) is 9.48. The van der Waals surface area contributed by atoms with E-state index in [1.807, 2.05) is 12.1 Å². The van der Waals surface area contributed by atoms with E-state index in [4.69, 9.17) is 16.3 Å². The number of ether oxygens (including phenoxy) is 1. The number of aromatic nitrogens is 4. The first-order chi connectivity index (χ1) is 15.0. The molecule has 31 heavy (non-hydrogen) atoms. The third kappa shape index (κ3) is 3.09. The van der Waals surface area contributed by atoms with Crippen LogP contribution in [0, 0.1) is 5.82 Å². The number of hydrogen-bond acceptors (Lipinski definition) is 6. The molecule has 0 atom stereocenters. The summed E-state index contributed by atoms with van der Waals surface area (Å²) in [6.07, 6.45) is 1.56. The lowest BCUT2D eigenvalue weighted by Crippen LogP contribution is -2.33. The molecule has 0 saturated heterocycles. The number of nitrogens with one attached hydrogen (secondary N) is 1. The number of halogens is 2. The van der Waals surface area contributed by atoms with Gasteiger partial charge in [-0.3, -0.25) is 4.79 Å². The van der Waals surface area contributed by atoms with E-state index in [0.717, 1.165) is 27.4 Å². The molecule has 7 nitrogen and oxygen atoms in total. The van der Waals surface area contributed by atoms with Gasteiger partial charge in [-0.15, -0.1) is 16.4 Å². The Hall–Kier alpha value is -3.56. The lowest BCUT2D eigenvalue weighted by Gasteiger charge is -2.06. The van der Waals surface area contributed by atoms with Gasteiger partial charge in [0.2, 0.25) is 0 Å². The van der Waals surface area contributed by atoms with E-state index < -0.39 is 17.1 Å². The molecule has 0 aliphatic heterocycles. The number of thiophene rings is 1. The number of hydrogen-bond donors (Lipinski definition) is 1. The van der Waals surface area contributed by atoms with Crippen molar-refractivity contribution in [2.45, 2.75) is 0 Å². The number of rotatable bonds is 3. The molecule has 3 heterocycles. The van der Waals surface area contributed by atoms with Crippen molar-refractivity contribution >= 4 is 43.9 Å². The Bertz CT molecular complexity index is 1600. The number of methoxy groups -OCH3 is 1. The standard InChI is InChI=1S/C21H12ClFN4O3S/c1-30-16-6-12(13(22)7-14(16)23)17-8-15-18(31-17)20(28)27(21(29)25-15)19-11-5-3-2-4-10(11)9-24-26-19/h2-9H,1H3,(H,25,29). The Kier molecular flexibility index (Phi) is 4.57. The van der Waals surface area contributed by atoms with Gasteiger partial charge in [0.15, 0.2) is 17.4 Å². The van der Waals surface area contributed by atoms with Gasteiger partial charge < -0.3 is 9.72 Å². The molecule has 154 valence electrons. The number of fused-ring (bicyclic) bond motifs is 2. The van der Waals surface area contributed by atoms with Crippen LogP contribution >= 0.6 is 22.9 Å². The number of H-pyrrole nitrogens is 1. The molecule has 5 rings (SSSR count). The maximum atomic E-state index is 13.9. The minimum absolute atomic E-state index is 0.0220. The minimum Gasteiger partial charge on any atom is -0.494 e. The smallest absolute Gasteiger partial charge is 0.334 e. The molecule has 0 aliphatic rings. The lowest BCUT2D eigenvalue weighted by molar-refractivity contribution is 0.387. The van der Waals surface area contributed by atoms with Gasteiger partial charge in [0, 0.05) is 21.2 Å². The van der Waals surface area contributed by atoms with Crippen LogP contribution in [-0.4, -0.2) is 26.9 Å². The van der Waals surface area contributed by atoms with E-state index in [9.17, 15) is 14.0 Å². The van der Waals surface area contributed by atoms with Crippen LogP contribution in [0.3, 0.4) is 0 Å². The molecule has 10 heteroatoms. The fourth-order valence-corrected chi connectivity index (χ4v) is 4.77. The molecule has 0 aliphatic carbocycles. The normalized spacial score (nSPS) is 11.3. The molecule has 0 saturated carbocycles. The summed E-state index contributed by atoms with van der Waals surface area (Å²) in [7, 11) is 1.35. The van der Waals surface area contributed by atoms with Gasteiger partial charge in [-0.25, -0.2) is 13.8 Å². The van der Waals surface area contributed by atoms with Crippen LogP contribution in [0.25, 0.3) is 37.2 Å². The topological polar surface area (TPSA) is 89.9 Å². The molecule has 0 radical (unpaired) electrons. The van der Waals surface area contributed by atoms with Gasteiger partial charge in [-0.1, -0.05) is 35.9 Å². The molecular formula is C21H12ClFN4O3S. The predicted molar refractivity (Wildman–Crippen MR) is 118 cm³/mol. The Labute approximate surface area is 182 Å². The average molecular weight is 455 g/mol. The zero-order valence-corrected chi connectivity index (χ0v) is 17.4. The quantitative estimate of drug-likeness (QED) is 0.442. The third-order valence-corrected chi connectivity index (χ3v) is 6.31. The maximum Gasteiger partial charge on any atom is 0.334 e. The van der Waals surface area contributed by atoms with E-state index in [0.29, 0.717) is 26.0 Å². The first-order valence-electron chi connectivity index (χ1n) is 9.01. The first-order valence-corrected chi connectivity index (χ1v) is 10.2. The van der Waals surface area contributed by atoms with Gasteiger partial charge in [0.25, 0.3) is 5.56 Å². The lowest BCUT2D eigenvalue weighted by atomic mass is 10.1. The van der Waals surface area contributed by atoms with E-state index in [1.165, 1.54) is 13.2 Å². The molecule has 3 aromatic heterocycles. The average Bonchev–Trinajstić information content (AvgIpc) is 3.18. The van der Waals surface area contributed by atoms with E-state index >= 15 is 0 Å². The Morgan fingerprint density at radius 3 is 2.81 bits per heavy atom. The summed E-state index contributed by atoms with van der Waals surface area (Å²) in [4.78, 5) is 29.4. The molecular weight excluding hydrogens is 443 g/mol. The molecule has 2 aromatic carbocycles. The molecule has 0 bridgehead atoms. The van der Waals surface area contributed by atoms with Gasteiger partial charge in [0.05, 0.1) is 23.8 Å². The van der Waals surface area contributed by atoms with E-state index in [-0.39, 0.29) is 16.6 Å². The van der Waals surface area contributed by atoms with Crippen molar-refractivity contribution in [2.75, 3.05) is 7.11 Å². The highest BCUT2D eigenvalue weighted by Crippen LogP contribution is 2.38. The summed E-state index contributed by atoms with van der Waals surface area (Å²) in [6, 6.07) is 11.4. The fourth-order valence-electron chi connectivity index (χ4n) is 3.39. The van der Waals surface area contributed by atoms with E-state index in [2.05, 4.69) is 15.2 Å². The maximum absolute atomic E-state index is 13.9. The molecule has 0 unspecified atom stereocenters. The van der Waals surface area contributed by atoms with Crippen LogP contribution in [0.4, 0.5) is 4.39 Å². The van der Waals surface area contributed by atoms with Gasteiger partial charge in [-0.05, 0) is 18.2 Å². The Morgan fingerprint density at radius 1 is 1.19 bits per heavy atom. The zero-order chi connectivity index (χ0) is 21.7. The second kappa shape index (κ2) is 7.29. The molecule has 0 spiro atoms. The van der Waals surface area contributed by atoms with Crippen LogP contribution < -0.4 is 16.0 Å². The highest BCUT2D eigenvalue weighted by Gasteiger charge is 2.18. The van der Waals surface area contributed by atoms with Crippen LogP contribution in [0.2, 0.25) is 5.02 Å². The van der Waals surface area contributed by atoms with Gasteiger partial charge in [0.1, 0.15) is 4.70 Å². The third-order valence-electron chi connectivity index (χ3n) is 4.84. The molecule has 0 amide bonds.